The number of carbonyl (C=O) groups excluding carboxylic acids is 1. The number of amides is 1. The van der Waals surface area contributed by atoms with Crippen molar-refractivity contribution in [3.63, 3.8) is 0 Å². The maximum Gasteiger partial charge on any atom is 0.277 e. The Bertz CT molecular complexity index is 883. The lowest BCUT2D eigenvalue weighted by atomic mass is 10.1. The van der Waals surface area contributed by atoms with Gasteiger partial charge in [-0.25, -0.2) is 8.78 Å². The minimum absolute atomic E-state index is 0.00572. The Morgan fingerprint density at radius 2 is 1.84 bits per heavy atom. The number of nitrogens with zero attached hydrogens (tertiary/aromatic N) is 2. The van der Waals surface area contributed by atoms with Crippen molar-refractivity contribution < 1.29 is 13.6 Å². The summed E-state index contributed by atoms with van der Waals surface area (Å²) in [4.78, 5) is 15.6. The van der Waals surface area contributed by atoms with Crippen molar-refractivity contribution in [2.75, 3.05) is 7.05 Å². The van der Waals surface area contributed by atoms with E-state index in [1.807, 2.05) is 0 Å². The molecule has 3 rings (SSSR count). The lowest BCUT2D eigenvalue weighted by Gasteiger charge is -2.16. The molecule has 0 saturated carbocycles. The summed E-state index contributed by atoms with van der Waals surface area (Å²) in [6.07, 6.45) is 1.62. The molecule has 1 fully saturated rings. The van der Waals surface area contributed by atoms with E-state index in [1.165, 1.54) is 29.2 Å². The van der Waals surface area contributed by atoms with Crippen LogP contribution >= 0.6 is 23.8 Å². The van der Waals surface area contributed by atoms with Crippen LogP contribution in [0.25, 0.3) is 6.08 Å². The van der Waals surface area contributed by atoms with Crippen LogP contribution in [0.3, 0.4) is 0 Å². The molecule has 0 radical (unpaired) electrons. The molecule has 1 aliphatic heterocycles. The van der Waals surface area contributed by atoms with Crippen molar-refractivity contribution in [1.82, 2.24) is 9.80 Å². The van der Waals surface area contributed by atoms with Gasteiger partial charge in [0.15, 0.2) is 5.11 Å². The lowest BCUT2D eigenvalue weighted by Crippen LogP contribution is -2.31. The Morgan fingerprint density at radius 3 is 2.48 bits per heavy atom. The van der Waals surface area contributed by atoms with E-state index in [4.69, 9.17) is 23.8 Å². The fourth-order valence-corrected chi connectivity index (χ4v) is 2.89. The van der Waals surface area contributed by atoms with Crippen LogP contribution in [-0.4, -0.2) is 27.9 Å². The Balaban J connectivity index is 1.88. The van der Waals surface area contributed by atoms with Crippen LogP contribution in [0.15, 0.2) is 48.2 Å². The molecular weight excluding hydrogens is 366 g/mol. The van der Waals surface area contributed by atoms with Gasteiger partial charge in [-0.2, -0.15) is 0 Å². The molecule has 1 saturated heterocycles. The summed E-state index contributed by atoms with van der Waals surface area (Å²) in [5.74, 6) is -1.20. The normalized spacial score (nSPS) is 16.2. The first-order valence-electron chi connectivity index (χ1n) is 7.37. The van der Waals surface area contributed by atoms with Crippen molar-refractivity contribution >= 4 is 40.9 Å². The second-order valence-electron chi connectivity index (χ2n) is 5.55. The van der Waals surface area contributed by atoms with Gasteiger partial charge in [0.25, 0.3) is 5.91 Å². The standard InChI is InChI=1S/C18H13ClF2N2OS/c1-22-16(8-11-2-6-14(20)7-3-11)17(24)23(18(22)25)10-12-4-5-13(19)9-15(12)21/h2-9H,10H2,1H3/b16-8-. The SMILES string of the molecule is CN1C(=S)N(Cc2ccc(Cl)cc2F)C(=O)/C1=C/c1ccc(F)cc1. The van der Waals surface area contributed by atoms with Crippen molar-refractivity contribution in [1.29, 1.82) is 0 Å². The summed E-state index contributed by atoms with van der Waals surface area (Å²) in [7, 11) is 1.66. The third-order valence-corrected chi connectivity index (χ3v) is 4.59. The summed E-state index contributed by atoms with van der Waals surface area (Å²) < 4.78 is 27.0. The number of likely N-dealkylation sites (N-methyl/N-ethyl adjacent to an activating group) is 1. The highest BCUT2D eigenvalue weighted by atomic mass is 35.5. The summed E-state index contributed by atoms with van der Waals surface area (Å²) >= 11 is 11.1. The van der Waals surface area contributed by atoms with E-state index in [1.54, 1.807) is 36.2 Å². The Kier molecular flexibility index (Phi) is 4.83. The van der Waals surface area contributed by atoms with Gasteiger partial charge in [0, 0.05) is 17.6 Å². The average molecular weight is 379 g/mol. The summed E-state index contributed by atoms with van der Waals surface area (Å²) in [5.41, 5.74) is 1.32. The molecule has 0 spiro atoms. The number of rotatable bonds is 3. The zero-order valence-electron chi connectivity index (χ0n) is 13.2. The van der Waals surface area contributed by atoms with Gasteiger partial charge in [0.1, 0.15) is 17.3 Å². The van der Waals surface area contributed by atoms with Gasteiger partial charge >= 0.3 is 0 Å². The zero-order valence-corrected chi connectivity index (χ0v) is 14.7. The van der Waals surface area contributed by atoms with Crippen molar-refractivity contribution in [2.45, 2.75) is 6.54 Å². The van der Waals surface area contributed by atoms with Gasteiger partial charge in [0.2, 0.25) is 0 Å². The van der Waals surface area contributed by atoms with Crippen LogP contribution in [-0.2, 0) is 11.3 Å². The minimum Gasteiger partial charge on any atom is -0.317 e. The van der Waals surface area contributed by atoms with E-state index in [0.29, 0.717) is 16.8 Å². The molecule has 0 atom stereocenters. The average Bonchev–Trinajstić information content (AvgIpc) is 2.77. The number of hydrogen-bond acceptors (Lipinski definition) is 2. The molecule has 2 aromatic carbocycles. The van der Waals surface area contributed by atoms with Gasteiger partial charge in [-0.15, -0.1) is 0 Å². The maximum absolute atomic E-state index is 14.0. The molecule has 0 N–H and O–H groups in total. The highest BCUT2D eigenvalue weighted by Gasteiger charge is 2.35. The van der Waals surface area contributed by atoms with Gasteiger partial charge < -0.3 is 4.90 Å². The smallest absolute Gasteiger partial charge is 0.277 e. The molecule has 0 aromatic heterocycles. The molecule has 3 nitrogen and oxygen atoms in total. The highest BCUT2D eigenvalue weighted by Crippen LogP contribution is 2.25. The monoisotopic (exact) mass is 378 g/mol. The van der Waals surface area contributed by atoms with E-state index >= 15 is 0 Å². The molecule has 128 valence electrons. The van der Waals surface area contributed by atoms with Gasteiger partial charge in [0.05, 0.1) is 6.54 Å². The number of halogens is 3. The molecular formula is C18H13ClF2N2OS. The third kappa shape index (κ3) is 3.55. The molecule has 25 heavy (non-hydrogen) atoms. The first-order valence-corrected chi connectivity index (χ1v) is 8.16. The van der Waals surface area contributed by atoms with Crippen LogP contribution in [0.5, 0.6) is 0 Å². The highest BCUT2D eigenvalue weighted by molar-refractivity contribution is 7.80. The first-order chi connectivity index (χ1) is 11.9. The molecule has 0 unspecified atom stereocenters. The number of benzene rings is 2. The van der Waals surface area contributed by atoms with Crippen LogP contribution in [0.1, 0.15) is 11.1 Å². The fraction of sp³-hybridized carbons (Fsp3) is 0.111. The molecule has 0 bridgehead atoms. The Hall–Kier alpha value is -2.31. The molecule has 2 aromatic rings. The van der Waals surface area contributed by atoms with Crippen LogP contribution < -0.4 is 0 Å². The van der Waals surface area contributed by atoms with Crippen LogP contribution in [0.4, 0.5) is 8.78 Å². The molecule has 1 aliphatic rings. The van der Waals surface area contributed by atoms with Gasteiger partial charge in [-0.1, -0.05) is 29.8 Å². The Labute approximate surface area is 154 Å². The van der Waals surface area contributed by atoms with E-state index in [0.717, 1.165) is 0 Å². The van der Waals surface area contributed by atoms with E-state index in [9.17, 15) is 13.6 Å². The minimum atomic E-state index is -0.498. The zero-order chi connectivity index (χ0) is 18.1. The fourth-order valence-electron chi connectivity index (χ4n) is 2.49. The van der Waals surface area contributed by atoms with E-state index in [2.05, 4.69) is 0 Å². The quantitative estimate of drug-likeness (QED) is 0.590. The summed E-state index contributed by atoms with van der Waals surface area (Å²) in [6.45, 7) is 0.00572. The number of hydrogen-bond donors (Lipinski definition) is 0. The topological polar surface area (TPSA) is 23.6 Å². The van der Waals surface area contributed by atoms with Crippen molar-refractivity contribution in [3.8, 4) is 0 Å². The van der Waals surface area contributed by atoms with E-state index < -0.39 is 5.82 Å². The summed E-state index contributed by atoms with van der Waals surface area (Å²) in [6, 6.07) is 10.0. The van der Waals surface area contributed by atoms with Crippen molar-refractivity contribution in [3.05, 3.63) is 75.9 Å². The van der Waals surface area contributed by atoms with E-state index in [-0.39, 0.29) is 28.4 Å². The van der Waals surface area contributed by atoms with Crippen LogP contribution in [0, 0.1) is 11.6 Å². The number of carbonyl (C=O) groups is 1. The maximum atomic E-state index is 14.0. The van der Waals surface area contributed by atoms with Crippen LogP contribution in [0.2, 0.25) is 5.02 Å². The second kappa shape index (κ2) is 6.90. The predicted molar refractivity (Wildman–Crippen MR) is 96.7 cm³/mol. The van der Waals surface area contributed by atoms with Gasteiger partial charge in [-0.3, -0.25) is 9.69 Å². The lowest BCUT2D eigenvalue weighted by molar-refractivity contribution is -0.122. The Morgan fingerprint density at radius 1 is 1.16 bits per heavy atom. The molecule has 0 aliphatic carbocycles. The molecule has 1 heterocycles. The van der Waals surface area contributed by atoms with Crippen molar-refractivity contribution in [2.24, 2.45) is 0 Å². The second-order valence-corrected chi connectivity index (χ2v) is 6.35. The third-order valence-electron chi connectivity index (χ3n) is 3.86. The number of thiocarbonyl (C=S) groups is 1. The molecule has 7 heteroatoms. The predicted octanol–water partition coefficient (Wildman–Crippen LogP) is 4.22. The first kappa shape index (κ1) is 17.5. The largest absolute Gasteiger partial charge is 0.317 e. The molecule has 1 amide bonds. The van der Waals surface area contributed by atoms with Gasteiger partial charge in [-0.05, 0) is 48.1 Å². The summed E-state index contributed by atoms with van der Waals surface area (Å²) in [5, 5.41) is 0.554.